The first-order chi connectivity index (χ1) is 11.5. The third-order valence-corrected chi connectivity index (χ3v) is 3.69. The summed E-state index contributed by atoms with van der Waals surface area (Å²) < 4.78 is 5.30. The predicted molar refractivity (Wildman–Crippen MR) is 89.9 cm³/mol. The predicted octanol–water partition coefficient (Wildman–Crippen LogP) is 3.37. The van der Waals surface area contributed by atoms with Crippen LogP contribution in [0.4, 0.5) is 0 Å². The Kier molecular flexibility index (Phi) is 4.33. The van der Waals surface area contributed by atoms with Gasteiger partial charge in [0.1, 0.15) is 0 Å². The molecule has 24 heavy (non-hydrogen) atoms. The van der Waals surface area contributed by atoms with Gasteiger partial charge in [-0.25, -0.2) is 4.79 Å². The van der Waals surface area contributed by atoms with E-state index in [1.54, 1.807) is 49.6 Å². The molecule has 3 aromatic rings. The SMILES string of the molecule is Cc1ccc(C(=O)[C@@H](C)OC(=O)c2ccc3nccnc3c2)cc1. The van der Waals surface area contributed by atoms with E-state index in [2.05, 4.69) is 9.97 Å². The second-order valence-corrected chi connectivity index (χ2v) is 5.54. The zero-order valence-electron chi connectivity index (χ0n) is 13.4. The summed E-state index contributed by atoms with van der Waals surface area (Å²) >= 11 is 0. The highest BCUT2D eigenvalue weighted by Gasteiger charge is 2.20. The van der Waals surface area contributed by atoms with Crippen molar-refractivity contribution < 1.29 is 14.3 Å². The van der Waals surface area contributed by atoms with Crippen molar-refractivity contribution in [1.82, 2.24) is 9.97 Å². The average Bonchev–Trinajstić information content (AvgIpc) is 2.61. The molecule has 3 rings (SSSR count). The smallest absolute Gasteiger partial charge is 0.338 e. The number of ether oxygens (including phenoxy) is 1. The van der Waals surface area contributed by atoms with Gasteiger partial charge in [0.25, 0.3) is 0 Å². The van der Waals surface area contributed by atoms with Gasteiger partial charge in [-0.05, 0) is 32.0 Å². The van der Waals surface area contributed by atoms with Gasteiger partial charge in [0, 0.05) is 18.0 Å². The highest BCUT2D eigenvalue weighted by atomic mass is 16.5. The van der Waals surface area contributed by atoms with Gasteiger partial charge in [0.15, 0.2) is 6.10 Å². The minimum atomic E-state index is -0.863. The van der Waals surface area contributed by atoms with Crippen LogP contribution >= 0.6 is 0 Å². The number of Topliss-reactive ketones (excluding diaryl/α,β-unsaturated/α-hetero) is 1. The number of aryl methyl sites for hydroxylation is 1. The number of benzene rings is 2. The van der Waals surface area contributed by atoms with Crippen molar-refractivity contribution >= 4 is 22.8 Å². The van der Waals surface area contributed by atoms with Crippen LogP contribution < -0.4 is 0 Å². The summed E-state index contributed by atoms with van der Waals surface area (Å²) in [4.78, 5) is 32.9. The molecule has 0 bridgehead atoms. The summed E-state index contributed by atoms with van der Waals surface area (Å²) in [6, 6.07) is 12.1. The fourth-order valence-electron chi connectivity index (χ4n) is 2.32. The zero-order valence-corrected chi connectivity index (χ0v) is 13.4. The summed E-state index contributed by atoms with van der Waals surface area (Å²) in [5, 5.41) is 0. The Balaban J connectivity index is 1.75. The van der Waals surface area contributed by atoms with E-state index in [9.17, 15) is 9.59 Å². The van der Waals surface area contributed by atoms with Crippen molar-refractivity contribution in [1.29, 1.82) is 0 Å². The first-order valence-corrected chi connectivity index (χ1v) is 7.57. The second-order valence-electron chi connectivity index (χ2n) is 5.54. The number of esters is 1. The van der Waals surface area contributed by atoms with Gasteiger partial charge in [-0.2, -0.15) is 0 Å². The van der Waals surface area contributed by atoms with Crippen molar-refractivity contribution in [2.75, 3.05) is 0 Å². The van der Waals surface area contributed by atoms with Crippen molar-refractivity contribution in [2.24, 2.45) is 0 Å². The number of rotatable bonds is 4. The molecule has 2 aromatic carbocycles. The molecule has 120 valence electrons. The molecule has 1 atom stereocenters. The van der Waals surface area contributed by atoms with E-state index in [4.69, 9.17) is 4.74 Å². The van der Waals surface area contributed by atoms with E-state index in [0.29, 0.717) is 22.2 Å². The molecule has 0 saturated heterocycles. The molecule has 0 fully saturated rings. The Morgan fingerprint density at radius 2 is 1.54 bits per heavy atom. The first-order valence-electron chi connectivity index (χ1n) is 7.57. The van der Waals surface area contributed by atoms with Crippen LogP contribution in [0, 0.1) is 6.92 Å². The van der Waals surface area contributed by atoms with Crippen molar-refractivity contribution in [2.45, 2.75) is 20.0 Å². The summed E-state index contributed by atoms with van der Waals surface area (Å²) in [7, 11) is 0. The lowest BCUT2D eigenvalue weighted by atomic mass is 10.1. The van der Waals surface area contributed by atoms with Crippen LogP contribution in [0.1, 0.15) is 33.2 Å². The lowest BCUT2D eigenvalue weighted by molar-refractivity contribution is 0.0319. The molecule has 0 aliphatic carbocycles. The third kappa shape index (κ3) is 3.30. The zero-order chi connectivity index (χ0) is 17.1. The molecular weight excluding hydrogens is 304 g/mol. The fraction of sp³-hybridized carbons (Fsp3) is 0.158. The first kappa shape index (κ1) is 15.8. The van der Waals surface area contributed by atoms with Gasteiger partial charge in [0.05, 0.1) is 16.6 Å². The number of fused-ring (bicyclic) bond motifs is 1. The Hall–Kier alpha value is -3.08. The number of ketones is 1. The molecule has 5 nitrogen and oxygen atoms in total. The maximum absolute atomic E-state index is 12.3. The van der Waals surface area contributed by atoms with Gasteiger partial charge in [-0.1, -0.05) is 29.8 Å². The normalized spacial score (nSPS) is 11.9. The van der Waals surface area contributed by atoms with Crippen molar-refractivity contribution in [3.63, 3.8) is 0 Å². The van der Waals surface area contributed by atoms with Gasteiger partial charge >= 0.3 is 5.97 Å². The molecule has 1 aromatic heterocycles. The van der Waals surface area contributed by atoms with Crippen LogP contribution in [0.5, 0.6) is 0 Å². The van der Waals surface area contributed by atoms with Crippen LogP contribution in [-0.4, -0.2) is 27.8 Å². The molecule has 0 saturated carbocycles. The molecule has 0 N–H and O–H groups in total. The molecule has 0 spiro atoms. The van der Waals surface area contributed by atoms with Gasteiger partial charge in [-0.15, -0.1) is 0 Å². The van der Waals surface area contributed by atoms with E-state index in [-0.39, 0.29) is 5.78 Å². The highest BCUT2D eigenvalue weighted by Crippen LogP contribution is 2.14. The van der Waals surface area contributed by atoms with E-state index in [1.165, 1.54) is 0 Å². The number of hydrogen-bond donors (Lipinski definition) is 0. The maximum Gasteiger partial charge on any atom is 0.338 e. The van der Waals surface area contributed by atoms with Gasteiger partial charge < -0.3 is 4.74 Å². The minimum absolute atomic E-state index is 0.232. The minimum Gasteiger partial charge on any atom is -0.451 e. The van der Waals surface area contributed by atoms with Crippen LogP contribution in [0.3, 0.4) is 0 Å². The highest BCUT2D eigenvalue weighted by molar-refractivity contribution is 6.01. The van der Waals surface area contributed by atoms with E-state index in [1.807, 2.05) is 19.1 Å². The summed E-state index contributed by atoms with van der Waals surface area (Å²) in [6.07, 6.45) is 2.28. The van der Waals surface area contributed by atoms with Gasteiger partial charge in [-0.3, -0.25) is 14.8 Å². The molecule has 0 aliphatic heterocycles. The van der Waals surface area contributed by atoms with Crippen molar-refractivity contribution in [3.05, 3.63) is 71.5 Å². The monoisotopic (exact) mass is 320 g/mol. The Morgan fingerprint density at radius 1 is 0.917 bits per heavy atom. The number of carbonyl (C=O) groups is 2. The number of hydrogen-bond acceptors (Lipinski definition) is 5. The molecule has 0 unspecified atom stereocenters. The number of aromatic nitrogens is 2. The maximum atomic E-state index is 12.3. The topological polar surface area (TPSA) is 69.2 Å². The van der Waals surface area contributed by atoms with Crippen molar-refractivity contribution in [3.8, 4) is 0 Å². The quantitative estimate of drug-likeness (QED) is 0.544. The molecule has 1 heterocycles. The molecule has 5 heteroatoms. The van der Waals surface area contributed by atoms with E-state index < -0.39 is 12.1 Å². The van der Waals surface area contributed by atoms with E-state index >= 15 is 0 Å². The van der Waals surface area contributed by atoms with Crippen LogP contribution in [0.2, 0.25) is 0 Å². The number of carbonyl (C=O) groups excluding carboxylic acids is 2. The Morgan fingerprint density at radius 3 is 2.25 bits per heavy atom. The average molecular weight is 320 g/mol. The largest absolute Gasteiger partial charge is 0.451 e. The fourth-order valence-corrected chi connectivity index (χ4v) is 2.32. The van der Waals surface area contributed by atoms with E-state index in [0.717, 1.165) is 5.56 Å². The standard InChI is InChI=1S/C19H16N2O3/c1-12-3-5-14(6-4-12)18(22)13(2)24-19(23)15-7-8-16-17(11-15)21-10-9-20-16/h3-11,13H,1-2H3/t13-/m1/s1. The lowest BCUT2D eigenvalue weighted by Gasteiger charge is -2.12. The van der Waals surface area contributed by atoms with Gasteiger partial charge in [0.2, 0.25) is 5.78 Å². The molecular formula is C19H16N2O3. The Labute approximate surface area is 139 Å². The number of nitrogens with zero attached hydrogens (tertiary/aromatic N) is 2. The summed E-state index contributed by atoms with van der Waals surface area (Å²) in [6.45, 7) is 3.52. The van der Waals surface area contributed by atoms with Crippen LogP contribution in [0.25, 0.3) is 11.0 Å². The molecule has 0 radical (unpaired) electrons. The lowest BCUT2D eigenvalue weighted by Crippen LogP contribution is -2.24. The summed E-state index contributed by atoms with van der Waals surface area (Å²) in [5.41, 5.74) is 3.22. The molecule has 0 amide bonds. The van der Waals surface area contributed by atoms with Crippen LogP contribution in [0.15, 0.2) is 54.9 Å². The molecule has 0 aliphatic rings. The Bertz CT molecular complexity index is 904. The summed E-state index contributed by atoms with van der Waals surface area (Å²) in [5.74, 6) is -0.792. The second kappa shape index (κ2) is 6.58. The third-order valence-electron chi connectivity index (χ3n) is 3.69. The van der Waals surface area contributed by atoms with Crippen LogP contribution in [-0.2, 0) is 4.74 Å².